The Balaban J connectivity index is 0.942. The highest BCUT2D eigenvalue weighted by atomic mass is 16.7. The summed E-state index contributed by atoms with van der Waals surface area (Å²) in [6.45, 7) is 18.9. The first-order valence-corrected chi connectivity index (χ1v) is 30.3. The number of hydrogen-bond acceptors (Lipinski definition) is 12. The third-order valence-corrected chi connectivity index (χ3v) is 19.6. The number of hydrogen-bond donors (Lipinski definition) is 4. The second-order valence-corrected chi connectivity index (χ2v) is 24.9. The van der Waals surface area contributed by atoms with Gasteiger partial charge in [0.05, 0.1) is 44.3 Å². The number of carbonyl (C=O) groups is 2. The van der Waals surface area contributed by atoms with Crippen molar-refractivity contribution in [2.45, 2.75) is 275 Å². The van der Waals surface area contributed by atoms with Crippen molar-refractivity contribution >= 4 is 11.9 Å². The molecule has 0 aromatic carbocycles. The first kappa shape index (κ1) is 61.9. The molecule has 0 bridgehead atoms. The number of allylic oxidation sites excluding steroid dienone is 2. The number of rotatable bonds is 36. The van der Waals surface area contributed by atoms with Gasteiger partial charge in [-0.05, 0) is 121 Å². The third kappa shape index (κ3) is 16.1. The molecule has 12 heteroatoms. The van der Waals surface area contributed by atoms with E-state index in [0.29, 0.717) is 50.7 Å². The van der Waals surface area contributed by atoms with Crippen LogP contribution in [0.4, 0.5) is 0 Å². The van der Waals surface area contributed by atoms with Crippen molar-refractivity contribution < 1.29 is 33.3 Å². The topological polar surface area (TPSA) is 188 Å². The lowest BCUT2D eigenvalue weighted by molar-refractivity contribution is -0.156. The van der Waals surface area contributed by atoms with Crippen molar-refractivity contribution in [3.05, 3.63) is 23.8 Å². The monoisotopic (exact) mass is 1030 g/mol. The number of ether oxygens (including phenoxy) is 5. The number of esters is 2. The molecule has 4 aliphatic carbocycles. The molecule has 0 radical (unpaired) electrons. The number of nitrogens with two attached hydrogens (primary N) is 4. The van der Waals surface area contributed by atoms with Crippen LogP contribution in [0.5, 0.6) is 0 Å². The van der Waals surface area contributed by atoms with E-state index in [2.05, 4.69) is 64.7 Å². The van der Waals surface area contributed by atoms with E-state index >= 15 is 0 Å². The van der Waals surface area contributed by atoms with Gasteiger partial charge in [-0.25, -0.2) is 0 Å². The SMILES string of the molecule is CCCCCCCCC=CCCCCCCCCOCOCC(CN1CCCCC1)OCCCOC(=O)CCC(=O)OC1CCC2(C)C(=CCC3(N)C2(N)CCC2(C)C(N)(C(C)CCCC(C)C)CCC23N)C1. The summed E-state index contributed by atoms with van der Waals surface area (Å²) < 4.78 is 29.6. The van der Waals surface area contributed by atoms with Crippen molar-refractivity contribution in [1.29, 1.82) is 0 Å². The first-order chi connectivity index (χ1) is 35.0. The molecule has 0 amide bonds. The van der Waals surface area contributed by atoms with Gasteiger partial charge in [-0.15, -0.1) is 0 Å². The smallest absolute Gasteiger partial charge is 0.306 e. The van der Waals surface area contributed by atoms with E-state index in [4.69, 9.17) is 46.6 Å². The van der Waals surface area contributed by atoms with Gasteiger partial charge in [0.15, 0.2) is 0 Å². The van der Waals surface area contributed by atoms with E-state index in [0.717, 1.165) is 71.2 Å². The Hall–Kier alpha value is -1.90. The Bertz CT molecular complexity index is 1690. The van der Waals surface area contributed by atoms with Crippen LogP contribution in [-0.2, 0) is 33.3 Å². The minimum Gasteiger partial charge on any atom is -0.466 e. The predicted octanol–water partition coefficient (Wildman–Crippen LogP) is 11.9. The number of carbonyl (C=O) groups excluding carboxylic acids is 2. The fourth-order valence-corrected chi connectivity index (χ4v) is 14.4. The molecule has 9 unspecified atom stereocenters. The molecule has 3 saturated carbocycles. The Labute approximate surface area is 445 Å². The molecule has 5 rings (SSSR count). The highest BCUT2D eigenvalue weighted by Gasteiger charge is 2.78. The first-order valence-electron chi connectivity index (χ1n) is 30.3. The van der Waals surface area contributed by atoms with Gasteiger partial charge in [-0.1, -0.05) is 142 Å². The molecule has 12 nitrogen and oxygen atoms in total. The van der Waals surface area contributed by atoms with Gasteiger partial charge in [0.2, 0.25) is 0 Å². The van der Waals surface area contributed by atoms with Gasteiger partial charge in [0.1, 0.15) is 12.9 Å². The quantitative estimate of drug-likeness (QED) is 0.0202. The minimum absolute atomic E-state index is 0.0192. The molecular weight excluding hydrogens is 915 g/mol. The zero-order chi connectivity index (χ0) is 52.9. The molecule has 0 spiro atoms. The summed E-state index contributed by atoms with van der Waals surface area (Å²) >= 11 is 0. The summed E-state index contributed by atoms with van der Waals surface area (Å²) in [7, 11) is 0. The number of unbranched alkanes of at least 4 members (excludes halogenated alkanes) is 12. The maximum atomic E-state index is 13.1. The lowest BCUT2D eigenvalue weighted by atomic mass is 9.37. The van der Waals surface area contributed by atoms with Crippen LogP contribution < -0.4 is 22.9 Å². The summed E-state index contributed by atoms with van der Waals surface area (Å²) in [5.41, 5.74) is 28.5. The van der Waals surface area contributed by atoms with Gasteiger partial charge in [0, 0.05) is 53.4 Å². The van der Waals surface area contributed by atoms with Crippen molar-refractivity contribution in [3.8, 4) is 0 Å². The maximum absolute atomic E-state index is 13.1. The van der Waals surface area contributed by atoms with E-state index < -0.39 is 28.1 Å². The number of fused-ring (bicyclic) bond motifs is 5. The highest BCUT2D eigenvalue weighted by Crippen LogP contribution is 2.70. The average Bonchev–Trinajstić information content (AvgIpc) is 3.59. The predicted molar refractivity (Wildman–Crippen MR) is 298 cm³/mol. The van der Waals surface area contributed by atoms with Gasteiger partial charge in [0.25, 0.3) is 0 Å². The van der Waals surface area contributed by atoms with Gasteiger partial charge < -0.3 is 51.5 Å². The molecule has 1 saturated heterocycles. The van der Waals surface area contributed by atoms with Crippen molar-refractivity contribution in [2.24, 2.45) is 45.6 Å². The van der Waals surface area contributed by atoms with E-state index in [1.54, 1.807) is 0 Å². The van der Waals surface area contributed by atoms with Crippen LogP contribution in [0.1, 0.15) is 241 Å². The Kier molecular flexibility index (Phi) is 25.7. The van der Waals surface area contributed by atoms with Crippen LogP contribution in [0, 0.1) is 22.7 Å². The maximum Gasteiger partial charge on any atom is 0.306 e. The fraction of sp³-hybridized carbons (Fsp3) is 0.902. The molecule has 4 fully saturated rings. The third-order valence-electron chi connectivity index (χ3n) is 19.6. The Morgan fingerprint density at radius 2 is 1.36 bits per heavy atom. The van der Waals surface area contributed by atoms with Crippen LogP contribution in [0.2, 0.25) is 0 Å². The van der Waals surface area contributed by atoms with Gasteiger partial charge >= 0.3 is 11.9 Å². The second-order valence-electron chi connectivity index (χ2n) is 24.9. The number of nitrogens with zero attached hydrogens (tertiary/aromatic N) is 1. The highest BCUT2D eigenvalue weighted by molar-refractivity contribution is 5.77. The Morgan fingerprint density at radius 1 is 0.699 bits per heavy atom. The fourth-order valence-electron chi connectivity index (χ4n) is 14.4. The lowest BCUT2D eigenvalue weighted by Crippen LogP contribution is -2.90. The average molecular weight is 1030 g/mol. The van der Waals surface area contributed by atoms with Crippen molar-refractivity contribution in [3.63, 3.8) is 0 Å². The standard InChI is InChI=1S/C61H111N5O7/c1-7-8-9-10-11-12-13-14-15-16-17-18-19-20-21-25-42-69-48-70-47-53(46-66-40-23-22-24-41-66)71-43-27-44-72-54(67)30-31-55(68)73-52-33-34-56(5)51(45-52)32-35-61(65)59(56,63)38-36-57(6)58(62,37-39-60(57,61)64)50(4)29-26-28-49(2)3/h14-15,32,49-50,52-53H,7-13,16-31,33-48,62-65H2,1-6H3. The normalized spacial score (nSPS) is 31.2. The van der Waals surface area contributed by atoms with Crippen LogP contribution >= 0.6 is 0 Å². The zero-order valence-electron chi connectivity index (χ0n) is 47.7. The van der Waals surface area contributed by atoms with Crippen LogP contribution in [0.15, 0.2) is 23.8 Å². The molecular formula is C61H111N5O7. The Morgan fingerprint density at radius 3 is 2.05 bits per heavy atom. The molecule has 422 valence electrons. The van der Waals surface area contributed by atoms with Crippen molar-refractivity contribution in [1.82, 2.24) is 4.90 Å². The van der Waals surface area contributed by atoms with Crippen LogP contribution in [0.25, 0.3) is 0 Å². The minimum atomic E-state index is -0.831. The van der Waals surface area contributed by atoms with E-state index in [1.165, 1.54) is 121 Å². The summed E-state index contributed by atoms with van der Waals surface area (Å²) in [4.78, 5) is 28.3. The molecule has 1 heterocycles. The van der Waals surface area contributed by atoms with Crippen molar-refractivity contribution in [2.75, 3.05) is 52.9 Å². The largest absolute Gasteiger partial charge is 0.466 e. The van der Waals surface area contributed by atoms with Crippen LogP contribution in [-0.4, -0.2) is 104 Å². The molecule has 0 aromatic heterocycles. The zero-order valence-corrected chi connectivity index (χ0v) is 47.7. The second kappa shape index (κ2) is 30.3. The summed E-state index contributed by atoms with van der Waals surface area (Å²) in [6.07, 6.45) is 38.3. The van der Waals surface area contributed by atoms with E-state index in [1.807, 2.05) is 0 Å². The molecule has 1 aliphatic heterocycles. The summed E-state index contributed by atoms with van der Waals surface area (Å²) in [5.74, 6) is 0.225. The molecule has 0 aromatic rings. The summed E-state index contributed by atoms with van der Waals surface area (Å²) in [5, 5.41) is 0. The number of piperidine rings is 1. The van der Waals surface area contributed by atoms with Gasteiger partial charge in [-0.3, -0.25) is 9.59 Å². The summed E-state index contributed by atoms with van der Waals surface area (Å²) in [6, 6.07) is 0. The van der Waals surface area contributed by atoms with E-state index in [9.17, 15) is 9.59 Å². The van der Waals surface area contributed by atoms with Gasteiger partial charge in [-0.2, -0.15) is 0 Å². The van der Waals surface area contributed by atoms with Crippen LogP contribution in [0.3, 0.4) is 0 Å². The molecule has 73 heavy (non-hydrogen) atoms. The molecule has 5 aliphatic rings. The lowest BCUT2D eigenvalue weighted by Gasteiger charge is -2.72. The number of likely N-dealkylation sites (tertiary alicyclic amines) is 1. The molecule has 9 atom stereocenters. The molecule has 8 N–H and O–H groups in total. The van der Waals surface area contributed by atoms with E-state index in [-0.39, 0.29) is 55.2 Å².